The van der Waals surface area contributed by atoms with Crippen molar-refractivity contribution >= 4 is 52.9 Å². The smallest absolute Gasteiger partial charge is 0.274 e. The molecule has 0 unspecified atom stereocenters. The molecule has 0 bridgehead atoms. The molecule has 12 heteroatoms. The predicted octanol–water partition coefficient (Wildman–Crippen LogP) is 5.67. The topological polar surface area (TPSA) is 123 Å². The predicted molar refractivity (Wildman–Crippen MR) is 150 cm³/mol. The highest BCUT2D eigenvalue weighted by atomic mass is 35.5. The normalized spacial score (nSPS) is 11.4. The Bertz CT molecular complexity index is 1310. The highest BCUT2D eigenvalue weighted by Gasteiger charge is 2.21. The lowest BCUT2D eigenvalue weighted by molar-refractivity contribution is -0.385. The third-order valence-electron chi connectivity index (χ3n) is 5.92. The molecule has 3 rings (SSSR count). The molecule has 0 atom stereocenters. The van der Waals surface area contributed by atoms with E-state index >= 15 is 0 Å². The summed E-state index contributed by atoms with van der Waals surface area (Å²) >= 11 is 6.34. The highest BCUT2D eigenvalue weighted by molar-refractivity contribution is 7.70. The zero-order chi connectivity index (χ0) is 27.2. The Labute approximate surface area is 221 Å². The number of methoxy groups -OCH3 is 1. The van der Waals surface area contributed by atoms with Crippen LogP contribution in [0.1, 0.15) is 19.4 Å². The number of anilines is 4. The zero-order valence-electron chi connectivity index (χ0n) is 21.6. The molecule has 3 aromatic rings. The summed E-state index contributed by atoms with van der Waals surface area (Å²) in [6, 6.07) is 10.3. The van der Waals surface area contributed by atoms with Crippen molar-refractivity contribution < 1.29 is 14.2 Å². The van der Waals surface area contributed by atoms with Crippen LogP contribution in [0.15, 0.2) is 42.6 Å². The van der Waals surface area contributed by atoms with Crippen molar-refractivity contribution in [3.8, 4) is 5.75 Å². The van der Waals surface area contributed by atoms with Crippen LogP contribution in [0, 0.1) is 10.1 Å². The molecule has 0 spiro atoms. The molecule has 0 fully saturated rings. The largest absolute Gasteiger partial charge is 0.495 e. The van der Waals surface area contributed by atoms with Gasteiger partial charge in [-0.05, 0) is 51.0 Å². The van der Waals surface area contributed by atoms with E-state index in [9.17, 15) is 14.7 Å². The molecular formula is C25H32ClN6O4P. The number of nitrogens with zero attached hydrogens (tertiary/aromatic N) is 4. The molecule has 0 aliphatic carbocycles. The van der Waals surface area contributed by atoms with Crippen LogP contribution in [0.4, 0.5) is 28.8 Å². The standard InChI is InChI=1S/C25H32ClN6O4P/c1-6-31(7-2)13-12-17-14-22(36-3)20(15-21(17)32(33)34)29-25-27-16-18(26)24(30-25)28-19-10-8-9-11-23(19)37(4,5)35/h8-11,14-16H,6-7,12-13H2,1-5H3,(H2,27,28,29,30). The quantitative estimate of drug-likeness (QED) is 0.168. The first kappa shape index (κ1) is 28.4. The van der Waals surface area contributed by atoms with Gasteiger partial charge in [0.05, 0.1) is 29.6 Å². The summed E-state index contributed by atoms with van der Waals surface area (Å²) in [5.74, 6) is 0.880. The molecule has 2 aromatic carbocycles. The third kappa shape index (κ3) is 7.19. The van der Waals surface area contributed by atoms with Crippen LogP contribution >= 0.6 is 18.7 Å². The number of hydrogen-bond donors (Lipinski definition) is 2. The lowest BCUT2D eigenvalue weighted by atomic mass is 10.1. The van der Waals surface area contributed by atoms with Crippen LogP contribution in [0.3, 0.4) is 0 Å². The second-order valence-electron chi connectivity index (χ2n) is 8.72. The minimum absolute atomic E-state index is 0.0154. The van der Waals surface area contributed by atoms with E-state index in [1.165, 1.54) is 19.4 Å². The fourth-order valence-corrected chi connectivity index (χ4v) is 5.17. The van der Waals surface area contributed by atoms with Gasteiger partial charge in [-0.2, -0.15) is 4.98 Å². The van der Waals surface area contributed by atoms with Crippen molar-refractivity contribution in [1.29, 1.82) is 0 Å². The summed E-state index contributed by atoms with van der Waals surface area (Å²) < 4.78 is 18.3. The average molecular weight is 547 g/mol. The van der Waals surface area contributed by atoms with Gasteiger partial charge in [0.2, 0.25) is 5.95 Å². The number of para-hydroxylation sites is 1. The first-order chi connectivity index (χ1) is 17.6. The fourth-order valence-electron chi connectivity index (χ4n) is 3.88. The minimum Gasteiger partial charge on any atom is -0.495 e. The Balaban J connectivity index is 1.93. The number of rotatable bonds is 12. The van der Waals surface area contributed by atoms with E-state index in [4.69, 9.17) is 16.3 Å². The molecule has 0 saturated carbocycles. The molecular weight excluding hydrogens is 515 g/mol. The first-order valence-corrected chi connectivity index (χ1v) is 14.8. The van der Waals surface area contributed by atoms with Gasteiger partial charge in [0.1, 0.15) is 17.9 Å². The molecule has 0 aliphatic rings. The number of ether oxygens (including phenoxy) is 1. The molecule has 1 heterocycles. The molecule has 37 heavy (non-hydrogen) atoms. The Hall–Kier alpha value is -3.20. The van der Waals surface area contributed by atoms with Crippen molar-refractivity contribution in [2.45, 2.75) is 20.3 Å². The molecule has 0 aliphatic heterocycles. The van der Waals surface area contributed by atoms with Crippen LogP contribution in [0.5, 0.6) is 5.75 Å². The Kier molecular flexibility index (Phi) is 9.48. The second kappa shape index (κ2) is 12.4. The number of nitrogens with one attached hydrogen (secondary N) is 2. The highest BCUT2D eigenvalue weighted by Crippen LogP contribution is 2.39. The Morgan fingerprint density at radius 1 is 1.14 bits per heavy atom. The van der Waals surface area contributed by atoms with E-state index in [1.807, 2.05) is 12.1 Å². The SMILES string of the molecule is CCN(CC)CCc1cc(OC)c(Nc2ncc(Cl)c(Nc3ccccc3P(C)(C)=O)n2)cc1[N+](=O)[O-]. The van der Waals surface area contributed by atoms with Crippen molar-refractivity contribution in [2.24, 2.45) is 0 Å². The maximum atomic E-state index is 12.7. The fraction of sp³-hybridized carbons (Fsp3) is 0.360. The molecule has 10 nitrogen and oxygen atoms in total. The maximum Gasteiger partial charge on any atom is 0.274 e. The number of nitro benzene ring substituents is 1. The van der Waals surface area contributed by atoms with Gasteiger partial charge in [0.15, 0.2) is 5.82 Å². The number of halogens is 1. The van der Waals surface area contributed by atoms with Crippen LogP contribution in [0.25, 0.3) is 0 Å². The van der Waals surface area contributed by atoms with Crippen molar-refractivity contribution in [2.75, 3.05) is 50.7 Å². The minimum atomic E-state index is -2.57. The van der Waals surface area contributed by atoms with Crippen LogP contribution in [0.2, 0.25) is 5.02 Å². The van der Waals surface area contributed by atoms with Gasteiger partial charge in [-0.15, -0.1) is 0 Å². The van der Waals surface area contributed by atoms with Crippen LogP contribution in [-0.4, -0.2) is 59.9 Å². The summed E-state index contributed by atoms with van der Waals surface area (Å²) in [5.41, 5.74) is 1.53. The van der Waals surface area contributed by atoms with Crippen LogP contribution < -0.4 is 20.7 Å². The van der Waals surface area contributed by atoms with E-state index in [2.05, 4.69) is 39.3 Å². The van der Waals surface area contributed by atoms with Gasteiger partial charge in [-0.1, -0.05) is 37.6 Å². The van der Waals surface area contributed by atoms with E-state index < -0.39 is 12.1 Å². The van der Waals surface area contributed by atoms with Gasteiger partial charge in [-0.25, -0.2) is 4.98 Å². The van der Waals surface area contributed by atoms with Crippen molar-refractivity contribution in [3.63, 3.8) is 0 Å². The van der Waals surface area contributed by atoms with Crippen LogP contribution in [-0.2, 0) is 11.0 Å². The summed E-state index contributed by atoms with van der Waals surface area (Å²) in [6.45, 7) is 9.92. The molecule has 1 aromatic heterocycles. The summed E-state index contributed by atoms with van der Waals surface area (Å²) in [7, 11) is -1.07. The van der Waals surface area contributed by atoms with E-state index in [0.717, 1.165) is 13.1 Å². The van der Waals surface area contributed by atoms with E-state index in [0.29, 0.717) is 46.8 Å². The second-order valence-corrected chi connectivity index (χ2v) is 12.3. The third-order valence-corrected chi connectivity index (χ3v) is 7.74. The number of likely N-dealkylation sites (N-methyl/N-ethyl adjacent to an activating group) is 1. The first-order valence-electron chi connectivity index (χ1n) is 11.9. The monoisotopic (exact) mass is 546 g/mol. The summed E-state index contributed by atoms with van der Waals surface area (Å²) in [5, 5.41) is 18.9. The van der Waals surface area contributed by atoms with E-state index in [-0.39, 0.29) is 16.7 Å². The molecule has 198 valence electrons. The average Bonchev–Trinajstić information content (AvgIpc) is 2.86. The van der Waals surface area contributed by atoms with E-state index in [1.54, 1.807) is 31.5 Å². The summed E-state index contributed by atoms with van der Waals surface area (Å²) in [4.78, 5) is 22.3. The number of nitro groups is 1. The molecule has 0 amide bonds. The Morgan fingerprint density at radius 3 is 2.46 bits per heavy atom. The molecule has 2 N–H and O–H groups in total. The zero-order valence-corrected chi connectivity index (χ0v) is 23.3. The van der Waals surface area contributed by atoms with Gasteiger partial charge < -0.3 is 24.8 Å². The van der Waals surface area contributed by atoms with Crippen molar-refractivity contribution in [1.82, 2.24) is 14.9 Å². The lowest BCUT2D eigenvalue weighted by Crippen LogP contribution is -2.25. The summed E-state index contributed by atoms with van der Waals surface area (Å²) in [6.07, 6.45) is 1.93. The maximum absolute atomic E-state index is 12.7. The van der Waals surface area contributed by atoms with Gasteiger partial charge >= 0.3 is 0 Å². The molecule has 0 radical (unpaired) electrons. The van der Waals surface area contributed by atoms with Gasteiger partial charge in [0.25, 0.3) is 5.69 Å². The van der Waals surface area contributed by atoms with Gasteiger partial charge in [0, 0.05) is 23.5 Å². The number of benzene rings is 2. The molecule has 0 saturated heterocycles. The number of aromatic nitrogens is 2. The van der Waals surface area contributed by atoms with Crippen molar-refractivity contribution in [3.05, 3.63) is 63.3 Å². The van der Waals surface area contributed by atoms with Gasteiger partial charge in [-0.3, -0.25) is 10.1 Å². The number of hydrogen-bond acceptors (Lipinski definition) is 9. The Morgan fingerprint density at radius 2 is 1.84 bits per heavy atom. The lowest BCUT2D eigenvalue weighted by Gasteiger charge is -2.19.